The maximum Gasteiger partial charge on any atom is 0.358 e. The molecular weight excluding hydrogens is 456 g/mol. The molecule has 0 aromatic heterocycles. The molecule has 0 N–H and O–H groups in total. The zero-order valence-corrected chi connectivity index (χ0v) is 19.1. The number of nitrogens with zero attached hydrogens (tertiary/aromatic N) is 2. The van der Waals surface area contributed by atoms with Crippen LogP contribution in [0.3, 0.4) is 0 Å². The highest BCUT2D eigenvalue weighted by Crippen LogP contribution is 2.22. The molecule has 1 unspecified atom stereocenters. The van der Waals surface area contributed by atoms with Crippen LogP contribution in [0.4, 0.5) is 0 Å². The predicted octanol–water partition coefficient (Wildman–Crippen LogP) is 4.39. The molecular formula is C25H22N2O6S. The van der Waals surface area contributed by atoms with E-state index in [1.54, 1.807) is 36.4 Å². The molecule has 0 saturated heterocycles. The van der Waals surface area contributed by atoms with Crippen molar-refractivity contribution in [2.45, 2.75) is 24.3 Å². The van der Waals surface area contributed by atoms with Crippen LogP contribution in [0.1, 0.15) is 30.6 Å². The molecule has 0 spiro atoms. The Balaban J connectivity index is 1.58. The third kappa shape index (κ3) is 6.67. The third-order valence-corrected chi connectivity index (χ3v) is 5.79. The lowest BCUT2D eigenvalue weighted by molar-refractivity contribution is -0.152. The number of oxime groups is 1. The number of ether oxygens (including phenoxy) is 2. The molecule has 0 heterocycles. The van der Waals surface area contributed by atoms with Gasteiger partial charge in [-0.15, -0.1) is 0 Å². The Hall–Kier alpha value is -4.16. The van der Waals surface area contributed by atoms with Crippen LogP contribution >= 0.6 is 0 Å². The van der Waals surface area contributed by atoms with E-state index in [0.717, 1.165) is 5.56 Å². The Kier molecular flexibility index (Phi) is 8.37. The molecule has 3 aromatic rings. The van der Waals surface area contributed by atoms with Crippen LogP contribution < -0.4 is 4.74 Å². The lowest BCUT2D eigenvalue weighted by Crippen LogP contribution is -2.18. The van der Waals surface area contributed by atoms with Crippen molar-refractivity contribution in [2.24, 2.45) is 5.16 Å². The maximum absolute atomic E-state index is 12.4. The summed E-state index contributed by atoms with van der Waals surface area (Å²) in [6.45, 7) is 1.58. The van der Waals surface area contributed by atoms with Gasteiger partial charge in [-0.25, -0.2) is 4.79 Å². The molecule has 1 atom stereocenters. The van der Waals surface area contributed by atoms with Crippen LogP contribution in [0, 0.1) is 11.3 Å². The summed E-state index contributed by atoms with van der Waals surface area (Å²) in [5, 5.41) is 12.7. The van der Waals surface area contributed by atoms with Gasteiger partial charge in [-0.05, 0) is 36.2 Å². The third-order valence-electron chi connectivity index (χ3n) is 4.66. The van der Waals surface area contributed by atoms with Crippen LogP contribution in [0.2, 0.25) is 0 Å². The van der Waals surface area contributed by atoms with Gasteiger partial charge in [0.1, 0.15) is 22.8 Å². The Morgan fingerprint density at radius 3 is 2.18 bits per heavy atom. The number of esters is 1. The molecule has 0 bridgehead atoms. The SMILES string of the molecule is CCC(OC(=O)COc1ccc(S(=O)(=O)O/N=C(\C#N)c2ccccc2)cc1)c1ccccc1. The lowest BCUT2D eigenvalue weighted by atomic mass is 10.1. The molecule has 0 aliphatic heterocycles. The van der Waals surface area contributed by atoms with Gasteiger partial charge in [-0.2, -0.15) is 13.7 Å². The van der Waals surface area contributed by atoms with Crippen LogP contribution in [0.5, 0.6) is 5.75 Å². The van der Waals surface area contributed by atoms with Crippen molar-refractivity contribution in [2.75, 3.05) is 6.61 Å². The Bertz CT molecular complexity index is 1270. The van der Waals surface area contributed by atoms with Crippen molar-refractivity contribution < 1.29 is 27.0 Å². The lowest BCUT2D eigenvalue weighted by Gasteiger charge is -2.16. The molecule has 8 nitrogen and oxygen atoms in total. The first kappa shape index (κ1) is 24.5. The Morgan fingerprint density at radius 2 is 1.59 bits per heavy atom. The summed E-state index contributed by atoms with van der Waals surface area (Å²) in [5.41, 5.74) is 1.14. The van der Waals surface area contributed by atoms with E-state index in [-0.39, 0.29) is 29.1 Å². The van der Waals surface area contributed by atoms with E-state index in [1.165, 1.54) is 24.3 Å². The summed E-state index contributed by atoms with van der Waals surface area (Å²) in [6.07, 6.45) is 0.236. The van der Waals surface area contributed by atoms with Crippen LogP contribution in [-0.4, -0.2) is 26.7 Å². The quantitative estimate of drug-likeness (QED) is 0.241. The van der Waals surface area contributed by atoms with Gasteiger partial charge >= 0.3 is 16.1 Å². The summed E-state index contributed by atoms with van der Waals surface area (Å²) in [7, 11) is -4.26. The van der Waals surface area contributed by atoms with Crippen molar-refractivity contribution in [3.8, 4) is 11.8 Å². The summed E-state index contributed by atoms with van der Waals surface area (Å²) in [4.78, 5) is 12.0. The summed E-state index contributed by atoms with van der Waals surface area (Å²) in [6, 6.07) is 24.8. The van der Waals surface area contributed by atoms with Crippen molar-refractivity contribution >= 4 is 21.8 Å². The monoisotopic (exact) mass is 478 g/mol. The van der Waals surface area contributed by atoms with E-state index in [2.05, 4.69) is 9.44 Å². The minimum absolute atomic E-state index is 0.177. The molecule has 0 saturated carbocycles. The first-order valence-corrected chi connectivity index (χ1v) is 11.8. The number of benzene rings is 3. The summed E-state index contributed by atoms with van der Waals surface area (Å²) < 4.78 is 40.4. The number of nitriles is 1. The Morgan fingerprint density at radius 1 is 0.971 bits per heavy atom. The second kappa shape index (κ2) is 11.6. The van der Waals surface area contributed by atoms with E-state index < -0.39 is 16.1 Å². The fourth-order valence-electron chi connectivity index (χ4n) is 2.96. The molecule has 0 radical (unpaired) electrons. The molecule has 9 heteroatoms. The van der Waals surface area contributed by atoms with E-state index in [9.17, 15) is 18.5 Å². The van der Waals surface area contributed by atoms with E-state index in [0.29, 0.717) is 12.0 Å². The molecule has 34 heavy (non-hydrogen) atoms. The van der Waals surface area contributed by atoms with Gasteiger partial charge in [0, 0.05) is 5.56 Å². The number of hydrogen-bond donors (Lipinski definition) is 0. The molecule has 0 fully saturated rings. The molecule has 0 amide bonds. The molecule has 3 rings (SSSR count). The molecule has 0 aliphatic rings. The van der Waals surface area contributed by atoms with Gasteiger partial charge in [0.05, 0.1) is 0 Å². The van der Waals surface area contributed by atoms with Gasteiger partial charge in [0.25, 0.3) is 0 Å². The highest BCUT2D eigenvalue weighted by atomic mass is 32.2. The van der Waals surface area contributed by atoms with Crippen molar-refractivity contribution in [1.82, 2.24) is 0 Å². The number of rotatable bonds is 10. The van der Waals surface area contributed by atoms with Crippen LogP contribution in [-0.2, 0) is 23.9 Å². The standard InChI is InChI=1S/C25H22N2O6S/c1-2-24(20-11-7-4-8-12-20)32-25(28)18-31-21-13-15-22(16-14-21)34(29,30)33-27-23(17-26)19-9-5-3-6-10-19/h3-16,24H,2,18H2,1H3/b27-23+. The zero-order valence-electron chi connectivity index (χ0n) is 18.3. The number of hydrogen-bond acceptors (Lipinski definition) is 8. The fourth-order valence-corrected chi connectivity index (χ4v) is 3.68. The fraction of sp³-hybridized carbons (Fsp3) is 0.160. The number of carbonyl (C=O) groups is 1. The van der Waals surface area contributed by atoms with Crippen molar-refractivity contribution in [1.29, 1.82) is 5.26 Å². The first-order valence-electron chi connectivity index (χ1n) is 10.4. The molecule has 174 valence electrons. The van der Waals surface area contributed by atoms with Gasteiger partial charge in [0.2, 0.25) is 0 Å². The second-order valence-corrected chi connectivity index (χ2v) is 8.53. The van der Waals surface area contributed by atoms with E-state index >= 15 is 0 Å². The molecule has 0 aliphatic carbocycles. The number of carbonyl (C=O) groups excluding carboxylic acids is 1. The Labute approximate surface area is 198 Å². The average Bonchev–Trinajstić information content (AvgIpc) is 2.88. The van der Waals surface area contributed by atoms with Crippen molar-refractivity contribution in [3.05, 3.63) is 96.1 Å². The minimum Gasteiger partial charge on any atom is -0.482 e. The first-order chi connectivity index (χ1) is 16.4. The second-order valence-electron chi connectivity index (χ2n) is 7.00. The molecule has 3 aromatic carbocycles. The normalized spacial score (nSPS) is 12.3. The summed E-state index contributed by atoms with van der Waals surface area (Å²) in [5.74, 6) is -0.274. The topological polar surface area (TPSA) is 115 Å². The minimum atomic E-state index is -4.26. The highest BCUT2D eigenvalue weighted by molar-refractivity contribution is 7.86. The van der Waals surface area contributed by atoms with Gasteiger partial charge < -0.3 is 9.47 Å². The largest absolute Gasteiger partial charge is 0.482 e. The van der Waals surface area contributed by atoms with Crippen LogP contribution in [0.15, 0.2) is 95.0 Å². The average molecular weight is 479 g/mol. The van der Waals surface area contributed by atoms with E-state index in [1.807, 2.05) is 37.3 Å². The smallest absolute Gasteiger partial charge is 0.358 e. The van der Waals surface area contributed by atoms with Crippen molar-refractivity contribution in [3.63, 3.8) is 0 Å². The van der Waals surface area contributed by atoms with Gasteiger partial charge in [-0.1, -0.05) is 72.7 Å². The summed E-state index contributed by atoms with van der Waals surface area (Å²) >= 11 is 0. The highest BCUT2D eigenvalue weighted by Gasteiger charge is 2.18. The predicted molar refractivity (Wildman–Crippen MR) is 124 cm³/mol. The van der Waals surface area contributed by atoms with Gasteiger partial charge in [-0.3, -0.25) is 4.28 Å². The van der Waals surface area contributed by atoms with E-state index in [4.69, 9.17) is 9.47 Å². The zero-order chi connectivity index (χ0) is 24.4. The maximum atomic E-state index is 12.4. The van der Waals surface area contributed by atoms with Crippen LogP contribution in [0.25, 0.3) is 0 Å². The van der Waals surface area contributed by atoms with Gasteiger partial charge in [0.15, 0.2) is 12.3 Å².